The number of carbonyl (C=O) groups is 2. The maximum absolute atomic E-state index is 12.1. The smallest absolute Gasteiger partial charge is 0.326 e. The number of carboxylic acids is 1. The fraction of sp³-hybridized carbons (Fsp3) is 0.571. The molecule has 0 spiro atoms. The molecule has 1 aromatic rings. The number of carbonyl (C=O) groups excluding carboxylic acids is 1. The number of aliphatic carboxylic acids is 1. The summed E-state index contributed by atoms with van der Waals surface area (Å²) in [6.07, 6.45) is 3.54. The highest BCUT2D eigenvalue weighted by molar-refractivity contribution is 5.97. The van der Waals surface area contributed by atoms with Crippen LogP contribution in [0.15, 0.2) is 16.7 Å². The number of amides is 1. The van der Waals surface area contributed by atoms with E-state index in [1.54, 1.807) is 6.07 Å². The first-order chi connectivity index (χ1) is 8.97. The summed E-state index contributed by atoms with van der Waals surface area (Å²) in [6.45, 7) is 5.82. The number of hydrogen-bond acceptors (Lipinski definition) is 3. The fourth-order valence-electron chi connectivity index (χ4n) is 1.86. The lowest BCUT2D eigenvalue weighted by Gasteiger charge is -2.14. The molecule has 0 saturated carbocycles. The Morgan fingerprint density at radius 1 is 1.42 bits per heavy atom. The molecule has 1 amide bonds. The van der Waals surface area contributed by atoms with E-state index in [1.165, 1.54) is 6.26 Å². The molecule has 0 fully saturated rings. The van der Waals surface area contributed by atoms with Crippen LogP contribution in [0.5, 0.6) is 0 Å². The lowest BCUT2D eigenvalue weighted by molar-refractivity contribution is -0.139. The zero-order chi connectivity index (χ0) is 14.4. The van der Waals surface area contributed by atoms with Crippen LogP contribution >= 0.6 is 0 Å². The Morgan fingerprint density at radius 2 is 2.11 bits per heavy atom. The minimum atomic E-state index is -1.00. The second-order valence-electron chi connectivity index (χ2n) is 4.86. The molecule has 5 heteroatoms. The van der Waals surface area contributed by atoms with E-state index in [2.05, 4.69) is 5.32 Å². The van der Waals surface area contributed by atoms with Gasteiger partial charge in [0.2, 0.25) is 0 Å². The van der Waals surface area contributed by atoms with Gasteiger partial charge in [0.25, 0.3) is 5.91 Å². The van der Waals surface area contributed by atoms with E-state index in [1.807, 2.05) is 20.8 Å². The van der Waals surface area contributed by atoms with Crippen molar-refractivity contribution in [2.45, 2.75) is 52.0 Å². The molecule has 0 bridgehead atoms. The molecule has 5 nitrogen and oxygen atoms in total. The fourth-order valence-corrected chi connectivity index (χ4v) is 1.86. The van der Waals surface area contributed by atoms with Gasteiger partial charge in [-0.3, -0.25) is 4.79 Å². The molecule has 1 aromatic heterocycles. The molecule has 0 radical (unpaired) electrons. The van der Waals surface area contributed by atoms with Crippen LogP contribution in [0.2, 0.25) is 0 Å². The predicted molar refractivity (Wildman–Crippen MR) is 71.2 cm³/mol. The van der Waals surface area contributed by atoms with Crippen LogP contribution in [0.1, 0.15) is 62.1 Å². The van der Waals surface area contributed by atoms with Crippen LogP contribution in [0, 0.1) is 0 Å². The van der Waals surface area contributed by atoms with Gasteiger partial charge in [-0.1, -0.05) is 33.6 Å². The molecular formula is C14H21NO4. The highest BCUT2D eigenvalue weighted by Crippen LogP contribution is 2.20. The highest BCUT2D eigenvalue weighted by Gasteiger charge is 2.23. The number of hydrogen-bond donors (Lipinski definition) is 2. The zero-order valence-corrected chi connectivity index (χ0v) is 11.6. The number of rotatable bonds is 7. The lowest BCUT2D eigenvalue weighted by Crippen LogP contribution is -2.40. The van der Waals surface area contributed by atoms with E-state index in [-0.39, 0.29) is 11.8 Å². The summed E-state index contributed by atoms with van der Waals surface area (Å²) in [7, 11) is 0. The van der Waals surface area contributed by atoms with E-state index >= 15 is 0 Å². The second-order valence-corrected chi connectivity index (χ2v) is 4.86. The van der Waals surface area contributed by atoms with Crippen LogP contribution < -0.4 is 5.32 Å². The minimum Gasteiger partial charge on any atom is -0.480 e. The molecule has 1 unspecified atom stereocenters. The number of unbranched alkanes of at least 4 members (excludes halogenated alkanes) is 1. The molecule has 2 N–H and O–H groups in total. The van der Waals surface area contributed by atoms with Gasteiger partial charge in [-0.05, 0) is 12.5 Å². The predicted octanol–water partition coefficient (Wildman–Crippen LogP) is 2.78. The third-order valence-corrected chi connectivity index (χ3v) is 2.91. The molecule has 0 aromatic carbocycles. The number of furan rings is 1. The average molecular weight is 267 g/mol. The SMILES string of the molecule is CCCCC(NC(=O)c1ccoc1C(C)C)C(=O)O. The van der Waals surface area contributed by atoms with Gasteiger partial charge >= 0.3 is 5.97 Å². The van der Waals surface area contributed by atoms with Crippen molar-refractivity contribution in [3.05, 3.63) is 23.7 Å². The van der Waals surface area contributed by atoms with E-state index in [0.29, 0.717) is 17.7 Å². The van der Waals surface area contributed by atoms with Crippen LogP contribution in [-0.4, -0.2) is 23.0 Å². The summed E-state index contributed by atoms with van der Waals surface area (Å²) in [5, 5.41) is 11.6. The summed E-state index contributed by atoms with van der Waals surface area (Å²) in [4.78, 5) is 23.2. The zero-order valence-electron chi connectivity index (χ0n) is 11.6. The van der Waals surface area contributed by atoms with E-state index in [4.69, 9.17) is 9.52 Å². The first-order valence-electron chi connectivity index (χ1n) is 6.58. The Kier molecular flexibility index (Phi) is 5.60. The molecule has 0 aliphatic rings. The standard InChI is InChI=1S/C14H21NO4/c1-4-5-6-11(14(17)18)15-13(16)10-7-8-19-12(10)9(2)3/h7-9,11H,4-6H2,1-3H3,(H,15,16)(H,17,18). The molecule has 1 atom stereocenters. The molecule has 0 aliphatic heterocycles. The summed E-state index contributed by atoms with van der Waals surface area (Å²) >= 11 is 0. The number of carboxylic acid groups (broad SMARTS) is 1. The van der Waals surface area contributed by atoms with E-state index < -0.39 is 12.0 Å². The van der Waals surface area contributed by atoms with E-state index in [0.717, 1.165) is 12.8 Å². The van der Waals surface area contributed by atoms with Gasteiger partial charge in [0.05, 0.1) is 11.8 Å². The molecule has 1 heterocycles. The van der Waals surface area contributed by atoms with Crippen molar-refractivity contribution < 1.29 is 19.1 Å². The monoisotopic (exact) mass is 267 g/mol. The highest BCUT2D eigenvalue weighted by atomic mass is 16.4. The largest absolute Gasteiger partial charge is 0.480 e. The van der Waals surface area contributed by atoms with Crippen molar-refractivity contribution in [2.24, 2.45) is 0 Å². The van der Waals surface area contributed by atoms with Crippen LogP contribution in [0.3, 0.4) is 0 Å². The van der Waals surface area contributed by atoms with Crippen molar-refractivity contribution in [2.75, 3.05) is 0 Å². The van der Waals surface area contributed by atoms with Crippen molar-refractivity contribution >= 4 is 11.9 Å². The third kappa shape index (κ3) is 4.12. The van der Waals surface area contributed by atoms with Gasteiger partial charge in [0.1, 0.15) is 11.8 Å². The lowest BCUT2D eigenvalue weighted by atomic mass is 10.1. The maximum atomic E-state index is 12.1. The maximum Gasteiger partial charge on any atom is 0.326 e. The van der Waals surface area contributed by atoms with Gasteiger partial charge in [0.15, 0.2) is 0 Å². The topological polar surface area (TPSA) is 79.5 Å². The van der Waals surface area contributed by atoms with Crippen LogP contribution in [0.25, 0.3) is 0 Å². The molecule has 0 aliphatic carbocycles. The van der Waals surface area contributed by atoms with Crippen LogP contribution in [0.4, 0.5) is 0 Å². The summed E-state index contributed by atoms with van der Waals surface area (Å²) in [5.74, 6) is -0.732. The Bertz CT molecular complexity index is 436. The van der Waals surface area contributed by atoms with Crippen molar-refractivity contribution in [1.82, 2.24) is 5.32 Å². The molecule has 0 saturated heterocycles. The molecule has 19 heavy (non-hydrogen) atoms. The summed E-state index contributed by atoms with van der Waals surface area (Å²) in [6, 6.07) is 0.728. The Hall–Kier alpha value is -1.78. The van der Waals surface area contributed by atoms with Gasteiger partial charge in [0, 0.05) is 5.92 Å². The Morgan fingerprint density at radius 3 is 2.63 bits per heavy atom. The van der Waals surface area contributed by atoms with Gasteiger partial charge in [-0.2, -0.15) is 0 Å². The second kappa shape index (κ2) is 6.97. The first kappa shape index (κ1) is 15.3. The Labute approximate surface area is 113 Å². The Balaban J connectivity index is 2.76. The van der Waals surface area contributed by atoms with Crippen LogP contribution in [-0.2, 0) is 4.79 Å². The van der Waals surface area contributed by atoms with Crippen molar-refractivity contribution in [3.63, 3.8) is 0 Å². The molecule has 106 valence electrons. The summed E-state index contributed by atoms with van der Waals surface area (Å²) in [5.41, 5.74) is 0.415. The van der Waals surface area contributed by atoms with E-state index in [9.17, 15) is 9.59 Å². The quantitative estimate of drug-likeness (QED) is 0.796. The first-order valence-corrected chi connectivity index (χ1v) is 6.58. The van der Waals surface area contributed by atoms with Crippen molar-refractivity contribution in [3.8, 4) is 0 Å². The van der Waals surface area contributed by atoms with Gasteiger partial charge in [-0.15, -0.1) is 0 Å². The molecule has 1 rings (SSSR count). The normalized spacial score (nSPS) is 12.4. The van der Waals surface area contributed by atoms with Gasteiger partial charge in [-0.25, -0.2) is 4.79 Å². The summed E-state index contributed by atoms with van der Waals surface area (Å²) < 4.78 is 5.26. The minimum absolute atomic E-state index is 0.0784. The van der Waals surface area contributed by atoms with Crippen molar-refractivity contribution in [1.29, 1.82) is 0 Å². The number of nitrogens with one attached hydrogen (secondary N) is 1. The average Bonchev–Trinajstić information content (AvgIpc) is 2.83. The third-order valence-electron chi connectivity index (χ3n) is 2.91. The van der Waals surface area contributed by atoms with Gasteiger partial charge < -0.3 is 14.8 Å². The molecular weight excluding hydrogens is 246 g/mol.